The van der Waals surface area contributed by atoms with Gasteiger partial charge in [-0.25, -0.2) is 0 Å². The molecule has 0 radical (unpaired) electrons. The number of nitrogens with one attached hydrogen (secondary N) is 1. The fraction of sp³-hybridized carbons (Fsp3) is 0.200. The highest BCUT2D eigenvalue weighted by Crippen LogP contribution is 2.23. The number of carbonyl (C=O) groups is 1. The molecular formula is C15H16N6O. The van der Waals surface area contributed by atoms with Crippen LogP contribution < -0.4 is 5.32 Å². The molecule has 22 heavy (non-hydrogen) atoms. The molecular weight excluding hydrogens is 280 g/mol. The summed E-state index contributed by atoms with van der Waals surface area (Å²) >= 11 is 0. The van der Waals surface area contributed by atoms with Crippen molar-refractivity contribution in [2.45, 2.75) is 13.8 Å². The van der Waals surface area contributed by atoms with Crippen LogP contribution in [0.15, 0.2) is 36.9 Å². The van der Waals surface area contributed by atoms with Crippen LogP contribution in [0.3, 0.4) is 0 Å². The first-order valence-corrected chi connectivity index (χ1v) is 6.83. The van der Waals surface area contributed by atoms with Gasteiger partial charge in [-0.05, 0) is 26.0 Å². The Morgan fingerprint density at radius 3 is 2.59 bits per heavy atom. The summed E-state index contributed by atoms with van der Waals surface area (Å²) in [6.07, 6.45) is 3.09. The van der Waals surface area contributed by atoms with Crippen LogP contribution in [0, 0.1) is 13.8 Å². The Labute approximate surface area is 127 Å². The zero-order valence-corrected chi connectivity index (χ0v) is 12.6. The summed E-state index contributed by atoms with van der Waals surface area (Å²) in [5.41, 5.74) is 3.14. The monoisotopic (exact) mass is 296 g/mol. The smallest absolute Gasteiger partial charge is 0.255 e. The summed E-state index contributed by atoms with van der Waals surface area (Å²) in [7, 11) is 1.82. The molecule has 2 heterocycles. The number of amides is 1. The first-order valence-electron chi connectivity index (χ1n) is 6.83. The molecule has 3 aromatic rings. The molecule has 3 rings (SSSR count). The molecule has 2 aromatic heterocycles. The first kappa shape index (κ1) is 14.0. The lowest BCUT2D eigenvalue weighted by atomic mass is 10.1. The Hall–Kier alpha value is -2.96. The molecule has 0 fully saturated rings. The maximum absolute atomic E-state index is 12.5. The van der Waals surface area contributed by atoms with Crippen molar-refractivity contribution < 1.29 is 4.79 Å². The number of hydrogen-bond acceptors (Lipinski definition) is 4. The van der Waals surface area contributed by atoms with Crippen molar-refractivity contribution >= 4 is 11.6 Å². The molecule has 1 amide bonds. The molecule has 0 atom stereocenters. The molecule has 0 bridgehead atoms. The number of aromatic nitrogens is 5. The van der Waals surface area contributed by atoms with Crippen molar-refractivity contribution in [1.29, 1.82) is 0 Å². The van der Waals surface area contributed by atoms with Crippen LogP contribution in [-0.2, 0) is 7.05 Å². The van der Waals surface area contributed by atoms with Gasteiger partial charge < -0.3 is 5.32 Å². The van der Waals surface area contributed by atoms with Gasteiger partial charge in [-0.3, -0.25) is 14.0 Å². The van der Waals surface area contributed by atoms with Crippen LogP contribution in [0.5, 0.6) is 0 Å². The Morgan fingerprint density at radius 2 is 1.91 bits per heavy atom. The summed E-state index contributed by atoms with van der Waals surface area (Å²) in [5.74, 6) is 0.417. The second-order valence-electron chi connectivity index (χ2n) is 5.10. The molecule has 0 aliphatic rings. The van der Waals surface area contributed by atoms with Gasteiger partial charge >= 0.3 is 0 Å². The number of anilines is 1. The van der Waals surface area contributed by atoms with Gasteiger partial charge in [0.05, 0.1) is 5.69 Å². The van der Waals surface area contributed by atoms with E-state index in [9.17, 15) is 4.79 Å². The van der Waals surface area contributed by atoms with Crippen LogP contribution >= 0.6 is 0 Å². The topological polar surface area (TPSA) is 77.6 Å². The number of rotatable bonds is 3. The third-order valence-corrected chi connectivity index (χ3v) is 3.50. The fourth-order valence-electron chi connectivity index (χ4n) is 2.20. The third kappa shape index (κ3) is 2.48. The van der Waals surface area contributed by atoms with Gasteiger partial charge in [0.2, 0.25) is 0 Å². The number of hydrogen-bond donors (Lipinski definition) is 1. The van der Waals surface area contributed by atoms with Crippen molar-refractivity contribution in [2.75, 3.05) is 5.32 Å². The first-order chi connectivity index (χ1) is 10.6. The largest absolute Gasteiger partial charge is 0.317 e. The van der Waals surface area contributed by atoms with E-state index in [1.165, 1.54) is 0 Å². The predicted molar refractivity (Wildman–Crippen MR) is 82.0 cm³/mol. The van der Waals surface area contributed by atoms with Gasteiger partial charge in [-0.2, -0.15) is 5.10 Å². The molecule has 7 heteroatoms. The van der Waals surface area contributed by atoms with Gasteiger partial charge in [0, 0.05) is 12.6 Å². The summed E-state index contributed by atoms with van der Waals surface area (Å²) < 4.78 is 3.38. The molecule has 0 saturated heterocycles. The number of aryl methyl sites for hydroxylation is 2. The van der Waals surface area contributed by atoms with E-state index in [0.29, 0.717) is 17.1 Å². The Balaban J connectivity index is 1.97. The zero-order chi connectivity index (χ0) is 15.7. The molecule has 7 nitrogen and oxygen atoms in total. The molecule has 1 aromatic carbocycles. The molecule has 0 saturated carbocycles. The highest BCUT2D eigenvalue weighted by molar-refractivity contribution is 6.05. The van der Waals surface area contributed by atoms with Gasteiger partial charge in [-0.1, -0.05) is 17.7 Å². The quantitative estimate of drug-likeness (QED) is 0.800. The van der Waals surface area contributed by atoms with E-state index < -0.39 is 0 Å². The van der Waals surface area contributed by atoms with E-state index in [4.69, 9.17) is 0 Å². The average Bonchev–Trinajstić information content (AvgIpc) is 3.11. The van der Waals surface area contributed by atoms with E-state index in [1.807, 2.05) is 39.1 Å². The molecule has 1 N–H and O–H groups in total. The number of carbonyl (C=O) groups excluding carboxylic acids is 1. The number of nitrogens with zero attached hydrogens (tertiary/aromatic N) is 5. The van der Waals surface area contributed by atoms with E-state index in [1.54, 1.807) is 28.0 Å². The average molecular weight is 296 g/mol. The molecule has 0 aliphatic carbocycles. The van der Waals surface area contributed by atoms with Gasteiger partial charge in [0.1, 0.15) is 18.3 Å². The second kappa shape index (κ2) is 5.44. The minimum atomic E-state index is -0.172. The number of benzene rings is 1. The lowest BCUT2D eigenvalue weighted by Crippen LogP contribution is -2.14. The van der Waals surface area contributed by atoms with Gasteiger partial charge in [-0.15, -0.1) is 10.2 Å². The van der Waals surface area contributed by atoms with Crippen LogP contribution in [0.4, 0.5) is 5.69 Å². The Kier molecular flexibility index (Phi) is 3.46. The Morgan fingerprint density at radius 1 is 1.18 bits per heavy atom. The van der Waals surface area contributed by atoms with Crippen molar-refractivity contribution in [3.05, 3.63) is 53.7 Å². The fourth-order valence-corrected chi connectivity index (χ4v) is 2.20. The summed E-state index contributed by atoms with van der Waals surface area (Å²) in [6.45, 7) is 3.85. The van der Waals surface area contributed by atoms with E-state index in [2.05, 4.69) is 20.6 Å². The maximum Gasteiger partial charge on any atom is 0.255 e. The lowest BCUT2D eigenvalue weighted by molar-refractivity contribution is 0.102. The van der Waals surface area contributed by atoms with Crippen molar-refractivity contribution in [3.8, 4) is 5.82 Å². The highest BCUT2D eigenvalue weighted by Gasteiger charge is 2.18. The van der Waals surface area contributed by atoms with Crippen LogP contribution in [0.25, 0.3) is 5.82 Å². The van der Waals surface area contributed by atoms with Gasteiger partial charge in [0.15, 0.2) is 5.82 Å². The molecule has 112 valence electrons. The molecule has 0 aliphatic heterocycles. The predicted octanol–water partition coefficient (Wildman–Crippen LogP) is 1.87. The van der Waals surface area contributed by atoms with E-state index >= 15 is 0 Å². The van der Waals surface area contributed by atoms with Crippen molar-refractivity contribution in [3.63, 3.8) is 0 Å². The van der Waals surface area contributed by atoms with Crippen molar-refractivity contribution in [2.24, 2.45) is 7.05 Å². The van der Waals surface area contributed by atoms with E-state index in [0.717, 1.165) is 11.3 Å². The minimum Gasteiger partial charge on any atom is -0.317 e. The highest BCUT2D eigenvalue weighted by atomic mass is 16.1. The van der Waals surface area contributed by atoms with Gasteiger partial charge in [0.25, 0.3) is 5.91 Å². The maximum atomic E-state index is 12.5. The standard InChI is InChI=1S/C15H16N6O/c1-10-5-4-6-12(7-10)15(22)18-13-11(2)20(3)19-14(13)21-8-16-17-9-21/h4-9H,1-3H3,(H,18,22). The SMILES string of the molecule is Cc1cccc(C(=O)Nc2c(-n3cnnc3)nn(C)c2C)c1. The van der Waals surface area contributed by atoms with Crippen LogP contribution in [0.1, 0.15) is 21.6 Å². The zero-order valence-electron chi connectivity index (χ0n) is 12.6. The summed E-state index contributed by atoms with van der Waals surface area (Å²) in [6, 6.07) is 7.45. The normalized spacial score (nSPS) is 10.7. The lowest BCUT2D eigenvalue weighted by Gasteiger charge is -2.07. The summed E-state index contributed by atoms with van der Waals surface area (Å²) in [5, 5.41) is 14.9. The molecule has 0 spiro atoms. The third-order valence-electron chi connectivity index (χ3n) is 3.50. The Bertz CT molecular complexity index is 819. The second-order valence-corrected chi connectivity index (χ2v) is 5.10. The van der Waals surface area contributed by atoms with Crippen molar-refractivity contribution in [1.82, 2.24) is 24.5 Å². The summed E-state index contributed by atoms with van der Waals surface area (Å²) in [4.78, 5) is 12.5. The minimum absolute atomic E-state index is 0.172. The van der Waals surface area contributed by atoms with Crippen LogP contribution in [0.2, 0.25) is 0 Å². The van der Waals surface area contributed by atoms with Crippen LogP contribution in [-0.4, -0.2) is 30.5 Å². The molecule has 0 unspecified atom stereocenters. The van der Waals surface area contributed by atoms with E-state index in [-0.39, 0.29) is 5.91 Å².